The van der Waals surface area contributed by atoms with Gasteiger partial charge in [-0.3, -0.25) is 4.79 Å². The third-order valence-corrected chi connectivity index (χ3v) is 3.88. The molecule has 1 amide bonds. The summed E-state index contributed by atoms with van der Waals surface area (Å²) in [4.78, 5) is 14.4. The summed E-state index contributed by atoms with van der Waals surface area (Å²) in [6.45, 7) is 6.54. The van der Waals surface area contributed by atoms with Gasteiger partial charge in [0.05, 0.1) is 0 Å². The molecule has 1 saturated heterocycles. The Morgan fingerprint density at radius 1 is 1.07 bits per heavy atom. The molecule has 86 valence electrons. The zero-order valence-electron chi connectivity index (χ0n) is 10.0. The van der Waals surface area contributed by atoms with Crippen molar-refractivity contribution >= 4 is 5.91 Å². The summed E-state index contributed by atoms with van der Waals surface area (Å²) >= 11 is 0. The summed E-state index contributed by atoms with van der Waals surface area (Å²) in [5, 5.41) is 0. The Kier molecular flexibility index (Phi) is 3.32. The van der Waals surface area contributed by atoms with Gasteiger partial charge >= 0.3 is 0 Å². The Morgan fingerprint density at radius 3 is 2.13 bits per heavy atom. The van der Waals surface area contributed by atoms with Crippen molar-refractivity contribution < 1.29 is 4.79 Å². The molecule has 0 unspecified atom stereocenters. The van der Waals surface area contributed by atoms with E-state index in [9.17, 15) is 4.79 Å². The van der Waals surface area contributed by atoms with Crippen LogP contribution in [0.5, 0.6) is 0 Å². The van der Waals surface area contributed by atoms with Crippen LogP contribution >= 0.6 is 0 Å². The molecule has 0 aromatic carbocycles. The van der Waals surface area contributed by atoms with Gasteiger partial charge in [0.1, 0.15) is 0 Å². The standard InChI is InChI=1S/C13H23NO/c1-10-7-11(2)9-14(8-10)13(15)12-5-3-4-6-12/h10-12H,3-9H2,1-2H3/t10-,11-/m1/s1. The third-order valence-electron chi connectivity index (χ3n) is 3.88. The lowest BCUT2D eigenvalue weighted by atomic mass is 9.91. The molecule has 2 heteroatoms. The van der Waals surface area contributed by atoms with Crippen molar-refractivity contribution in [2.24, 2.45) is 17.8 Å². The van der Waals surface area contributed by atoms with Crippen LogP contribution in [-0.2, 0) is 4.79 Å². The first kappa shape index (κ1) is 11.0. The highest BCUT2D eigenvalue weighted by atomic mass is 16.2. The van der Waals surface area contributed by atoms with E-state index in [1.54, 1.807) is 0 Å². The topological polar surface area (TPSA) is 20.3 Å². The zero-order valence-corrected chi connectivity index (χ0v) is 10.0. The van der Waals surface area contributed by atoms with E-state index in [1.165, 1.54) is 19.3 Å². The highest BCUT2D eigenvalue weighted by Gasteiger charge is 2.31. The quantitative estimate of drug-likeness (QED) is 0.650. The largest absolute Gasteiger partial charge is 0.342 e. The second-order valence-corrected chi connectivity index (χ2v) is 5.67. The van der Waals surface area contributed by atoms with Gasteiger partial charge < -0.3 is 4.90 Å². The summed E-state index contributed by atoms with van der Waals surface area (Å²) in [6.07, 6.45) is 6.08. The fraction of sp³-hybridized carbons (Fsp3) is 0.923. The van der Waals surface area contributed by atoms with E-state index in [-0.39, 0.29) is 0 Å². The number of hydrogen-bond donors (Lipinski definition) is 0. The average Bonchev–Trinajstić information content (AvgIpc) is 2.67. The summed E-state index contributed by atoms with van der Waals surface area (Å²) in [7, 11) is 0. The molecule has 1 aliphatic carbocycles. The monoisotopic (exact) mass is 209 g/mol. The first-order valence-corrected chi connectivity index (χ1v) is 6.45. The van der Waals surface area contributed by atoms with Gasteiger partial charge in [-0.2, -0.15) is 0 Å². The van der Waals surface area contributed by atoms with Crippen LogP contribution in [0.4, 0.5) is 0 Å². The predicted molar refractivity (Wildman–Crippen MR) is 61.5 cm³/mol. The highest BCUT2D eigenvalue weighted by molar-refractivity contribution is 5.79. The maximum atomic E-state index is 12.2. The minimum Gasteiger partial charge on any atom is -0.342 e. The lowest BCUT2D eigenvalue weighted by Crippen LogP contribution is -2.44. The molecule has 2 rings (SSSR count). The maximum absolute atomic E-state index is 12.2. The van der Waals surface area contributed by atoms with Gasteiger partial charge in [0.15, 0.2) is 0 Å². The Bertz CT molecular complexity index is 223. The van der Waals surface area contributed by atoms with Crippen molar-refractivity contribution in [3.8, 4) is 0 Å². The molecule has 2 aliphatic rings. The van der Waals surface area contributed by atoms with Gasteiger partial charge in [0.25, 0.3) is 0 Å². The van der Waals surface area contributed by atoms with Crippen molar-refractivity contribution in [1.82, 2.24) is 4.90 Å². The number of carbonyl (C=O) groups excluding carboxylic acids is 1. The van der Waals surface area contributed by atoms with Crippen molar-refractivity contribution in [3.63, 3.8) is 0 Å². The van der Waals surface area contributed by atoms with Gasteiger partial charge in [-0.1, -0.05) is 26.7 Å². The SMILES string of the molecule is C[C@@H]1C[C@@H](C)CN(C(=O)C2CCCC2)C1. The molecule has 1 heterocycles. The Hall–Kier alpha value is -0.530. The smallest absolute Gasteiger partial charge is 0.225 e. The number of piperidine rings is 1. The maximum Gasteiger partial charge on any atom is 0.225 e. The van der Waals surface area contributed by atoms with Gasteiger partial charge in [-0.25, -0.2) is 0 Å². The highest BCUT2D eigenvalue weighted by Crippen LogP contribution is 2.29. The van der Waals surface area contributed by atoms with Crippen molar-refractivity contribution in [2.45, 2.75) is 46.0 Å². The number of hydrogen-bond acceptors (Lipinski definition) is 1. The minimum atomic E-state index is 0.363. The molecular formula is C13H23NO. The number of likely N-dealkylation sites (tertiary alicyclic amines) is 1. The van der Waals surface area contributed by atoms with Gasteiger partial charge in [0, 0.05) is 19.0 Å². The van der Waals surface area contributed by atoms with Crippen LogP contribution < -0.4 is 0 Å². The molecular weight excluding hydrogens is 186 g/mol. The second-order valence-electron chi connectivity index (χ2n) is 5.67. The van der Waals surface area contributed by atoms with Crippen molar-refractivity contribution in [1.29, 1.82) is 0 Å². The summed E-state index contributed by atoms with van der Waals surface area (Å²) in [6, 6.07) is 0. The first-order chi connectivity index (χ1) is 7.16. The fourth-order valence-corrected chi connectivity index (χ4v) is 3.27. The van der Waals surface area contributed by atoms with Crippen molar-refractivity contribution in [2.75, 3.05) is 13.1 Å². The molecule has 0 aromatic rings. The minimum absolute atomic E-state index is 0.363. The van der Waals surface area contributed by atoms with Crippen molar-refractivity contribution in [3.05, 3.63) is 0 Å². The van der Waals surface area contributed by atoms with Gasteiger partial charge in [0.2, 0.25) is 5.91 Å². The normalized spacial score (nSPS) is 33.3. The van der Waals surface area contributed by atoms with Gasteiger partial charge in [-0.15, -0.1) is 0 Å². The summed E-state index contributed by atoms with van der Waals surface area (Å²) < 4.78 is 0. The molecule has 0 bridgehead atoms. The van der Waals surface area contributed by atoms with E-state index in [4.69, 9.17) is 0 Å². The van der Waals surface area contributed by atoms with Crippen LogP contribution in [0.25, 0.3) is 0 Å². The van der Waals surface area contributed by atoms with Crippen LogP contribution in [0.15, 0.2) is 0 Å². The van der Waals surface area contributed by atoms with Gasteiger partial charge in [-0.05, 0) is 31.1 Å². The molecule has 2 nitrogen and oxygen atoms in total. The number of nitrogens with zero attached hydrogens (tertiary/aromatic N) is 1. The van der Waals surface area contributed by atoms with Crippen LogP contribution in [0, 0.1) is 17.8 Å². The van der Waals surface area contributed by atoms with Crippen LogP contribution in [0.3, 0.4) is 0 Å². The zero-order chi connectivity index (χ0) is 10.8. The first-order valence-electron chi connectivity index (χ1n) is 6.45. The summed E-state index contributed by atoms with van der Waals surface area (Å²) in [5.41, 5.74) is 0. The van der Waals surface area contributed by atoms with E-state index in [0.717, 1.165) is 25.9 Å². The average molecular weight is 209 g/mol. The molecule has 1 aliphatic heterocycles. The molecule has 0 aromatic heterocycles. The molecule has 0 N–H and O–H groups in total. The fourth-order valence-electron chi connectivity index (χ4n) is 3.27. The van der Waals surface area contributed by atoms with E-state index in [2.05, 4.69) is 18.7 Å². The number of carbonyl (C=O) groups is 1. The summed E-state index contributed by atoms with van der Waals surface area (Å²) in [5.74, 6) is 2.20. The Labute approximate surface area is 93.0 Å². The van der Waals surface area contributed by atoms with E-state index in [1.807, 2.05) is 0 Å². The van der Waals surface area contributed by atoms with E-state index < -0.39 is 0 Å². The number of rotatable bonds is 1. The Balaban J connectivity index is 1.93. The van der Waals surface area contributed by atoms with Crippen LogP contribution in [-0.4, -0.2) is 23.9 Å². The predicted octanol–water partition coefficient (Wildman–Crippen LogP) is 2.68. The lowest BCUT2D eigenvalue weighted by Gasteiger charge is -2.36. The molecule has 2 atom stereocenters. The van der Waals surface area contributed by atoms with E-state index in [0.29, 0.717) is 23.7 Å². The molecule has 0 spiro atoms. The van der Waals surface area contributed by atoms with Crippen LogP contribution in [0.2, 0.25) is 0 Å². The number of amides is 1. The van der Waals surface area contributed by atoms with Crippen LogP contribution in [0.1, 0.15) is 46.0 Å². The molecule has 0 radical (unpaired) electrons. The van der Waals surface area contributed by atoms with E-state index >= 15 is 0 Å². The Morgan fingerprint density at radius 2 is 1.60 bits per heavy atom. The third kappa shape index (κ3) is 2.53. The second kappa shape index (κ2) is 4.54. The molecule has 15 heavy (non-hydrogen) atoms. The lowest BCUT2D eigenvalue weighted by molar-refractivity contribution is -0.138. The molecule has 2 fully saturated rings. The molecule has 1 saturated carbocycles.